The summed E-state index contributed by atoms with van der Waals surface area (Å²) in [5.41, 5.74) is 7.44. The van der Waals surface area contributed by atoms with Gasteiger partial charge in [-0.25, -0.2) is 0 Å². The highest BCUT2D eigenvalue weighted by molar-refractivity contribution is 7.99. The summed E-state index contributed by atoms with van der Waals surface area (Å²) < 4.78 is 0. The SMILES string of the molecule is Cc1cccc(CSC2CCC(N)(C(=O)O)C2)c1. The number of carboxylic acids is 1. The number of carboxylic acid groups (broad SMARTS) is 1. The molecule has 2 unspecified atom stereocenters. The molecule has 0 spiro atoms. The van der Waals surface area contributed by atoms with Crippen molar-refractivity contribution in [3.63, 3.8) is 0 Å². The third-order valence-electron chi connectivity index (χ3n) is 3.50. The molecule has 4 heteroatoms. The molecule has 3 N–H and O–H groups in total. The molecule has 1 fully saturated rings. The fourth-order valence-corrected chi connectivity index (χ4v) is 3.69. The van der Waals surface area contributed by atoms with Gasteiger partial charge >= 0.3 is 5.97 Å². The predicted octanol–water partition coefficient (Wildman–Crippen LogP) is 2.56. The molecular formula is C14H19NO2S. The zero-order valence-electron chi connectivity index (χ0n) is 10.6. The first-order valence-corrected chi connectivity index (χ1v) is 7.24. The van der Waals surface area contributed by atoms with E-state index in [2.05, 4.69) is 31.2 Å². The van der Waals surface area contributed by atoms with E-state index >= 15 is 0 Å². The van der Waals surface area contributed by atoms with Crippen molar-refractivity contribution in [2.75, 3.05) is 0 Å². The molecule has 1 aromatic rings. The zero-order chi connectivity index (χ0) is 13.2. The van der Waals surface area contributed by atoms with Crippen molar-refractivity contribution in [2.45, 2.75) is 42.7 Å². The first kappa shape index (κ1) is 13.4. The Labute approximate surface area is 112 Å². The molecule has 0 aliphatic heterocycles. The fraction of sp³-hybridized carbons (Fsp3) is 0.500. The van der Waals surface area contributed by atoms with Gasteiger partial charge in [0.15, 0.2) is 0 Å². The van der Waals surface area contributed by atoms with Crippen molar-refractivity contribution >= 4 is 17.7 Å². The number of aliphatic carboxylic acids is 1. The van der Waals surface area contributed by atoms with Gasteiger partial charge in [-0.15, -0.1) is 0 Å². The average molecular weight is 265 g/mol. The summed E-state index contributed by atoms with van der Waals surface area (Å²) in [6.45, 7) is 2.08. The Hall–Kier alpha value is -1.00. The van der Waals surface area contributed by atoms with E-state index in [1.54, 1.807) is 0 Å². The highest BCUT2D eigenvalue weighted by Crippen LogP contribution is 2.37. The van der Waals surface area contributed by atoms with E-state index in [1.165, 1.54) is 11.1 Å². The second kappa shape index (κ2) is 5.33. The minimum absolute atomic E-state index is 0.367. The van der Waals surface area contributed by atoms with Crippen LogP contribution < -0.4 is 5.73 Å². The van der Waals surface area contributed by atoms with Crippen LogP contribution in [-0.4, -0.2) is 21.9 Å². The number of thioether (sulfide) groups is 1. The third kappa shape index (κ3) is 3.06. The van der Waals surface area contributed by atoms with Gasteiger partial charge in [-0.3, -0.25) is 4.79 Å². The summed E-state index contributed by atoms with van der Waals surface area (Å²) in [5, 5.41) is 9.44. The van der Waals surface area contributed by atoms with Crippen LogP contribution in [0.25, 0.3) is 0 Å². The maximum atomic E-state index is 11.1. The fourth-order valence-electron chi connectivity index (χ4n) is 2.38. The number of rotatable bonds is 4. The second-order valence-electron chi connectivity index (χ2n) is 5.13. The van der Waals surface area contributed by atoms with E-state index in [9.17, 15) is 4.79 Å². The summed E-state index contributed by atoms with van der Waals surface area (Å²) in [5.74, 6) is 0.0725. The van der Waals surface area contributed by atoms with Crippen molar-refractivity contribution in [3.05, 3.63) is 35.4 Å². The van der Waals surface area contributed by atoms with Crippen LogP contribution >= 0.6 is 11.8 Å². The van der Waals surface area contributed by atoms with E-state index in [-0.39, 0.29) is 0 Å². The first-order valence-electron chi connectivity index (χ1n) is 6.19. The molecular weight excluding hydrogens is 246 g/mol. The van der Waals surface area contributed by atoms with Crippen molar-refractivity contribution in [1.82, 2.24) is 0 Å². The summed E-state index contributed by atoms with van der Waals surface area (Å²) in [6.07, 6.45) is 2.08. The minimum Gasteiger partial charge on any atom is -0.480 e. The standard InChI is InChI=1S/C14H19NO2S/c1-10-3-2-4-11(7-10)9-18-12-5-6-14(15,8-12)13(16)17/h2-4,7,12H,5-6,8-9,15H2,1H3,(H,16,17). The van der Waals surface area contributed by atoms with Gasteiger partial charge in [0.1, 0.15) is 5.54 Å². The predicted molar refractivity (Wildman–Crippen MR) is 74.7 cm³/mol. The van der Waals surface area contributed by atoms with Crippen LogP contribution in [-0.2, 0) is 10.5 Å². The van der Waals surface area contributed by atoms with Crippen LogP contribution in [0.5, 0.6) is 0 Å². The van der Waals surface area contributed by atoms with E-state index < -0.39 is 11.5 Å². The Kier molecular flexibility index (Phi) is 3.97. The van der Waals surface area contributed by atoms with Gasteiger partial charge < -0.3 is 10.8 Å². The quantitative estimate of drug-likeness (QED) is 0.878. The normalized spacial score (nSPS) is 27.3. The largest absolute Gasteiger partial charge is 0.480 e. The van der Waals surface area contributed by atoms with Crippen LogP contribution in [0, 0.1) is 6.92 Å². The van der Waals surface area contributed by atoms with Crippen LogP contribution in [0.3, 0.4) is 0 Å². The maximum absolute atomic E-state index is 11.1. The smallest absolute Gasteiger partial charge is 0.323 e. The summed E-state index contributed by atoms with van der Waals surface area (Å²) >= 11 is 1.82. The molecule has 98 valence electrons. The molecule has 0 amide bonds. The average Bonchev–Trinajstić information content (AvgIpc) is 2.70. The maximum Gasteiger partial charge on any atom is 0.323 e. The lowest BCUT2D eigenvalue weighted by molar-refractivity contribution is -0.143. The molecule has 2 atom stereocenters. The lowest BCUT2D eigenvalue weighted by Gasteiger charge is -2.18. The van der Waals surface area contributed by atoms with Crippen LogP contribution in [0.4, 0.5) is 0 Å². The van der Waals surface area contributed by atoms with E-state index in [4.69, 9.17) is 10.8 Å². The summed E-state index contributed by atoms with van der Waals surface area (Å²) in [6, 6.07) is 8.43. The van der Waals surface area contributed by atoms with Crippen molar-refractivity contribution in [2.24, 2.45) is 5.73 Å². The molecule has 0 heterocycles. The van der Waals surface area contributed by atoms with Crippen molar-refractivity contribution in [1.29, 1.82) is 0 Å². The number of hydrogen-bond acceptors (Lipinski definition) is 3. The minimum atomic E-state index is -0.996. The van der Waals surface area contributed by atoms with Crippen molar-refractivity contribution in [3.8, 4) is 0 Å². The molecule has 1 saturated carbocycles. The zero-order valence-corrected chi connectivity index (χ0v) is 11.4. The van der Waals surface area contributed by atoms with E-state index in [0.29, 0.717) is 18.1 Å². The van der Waals surface area contributed by atoms with Gasteiger partial charge in [0.05, 0.1) is 0 Å². The Morgan fingerprint density at radius 3 is 3.00 bits per heavy atom. The number of carbonyl (C=O) groups is 1. The van der Waals surface area contributed by atoms with Gasteiger partial charge in [-0.2, -0.15) is 11.8 Å². The molecule has 0 radical (unpaired) electrons. The molecule has 3 nitrogen and oxygen atoms in total. The summed E-state index contributed by atoms with van der Waals surface area (Å²) in [7, 11) is 0. The highest BCUT2D eigenvalue weighted by atomic mass is 32.2. The number of aryl methyl sites for hydroxylation is 1. The molecule has 1 aliphatic carbocycles. The van der Waals surface area contributed by atoms with Gasteiger partial charge in [0, 0.05) is 11.0 Å². The van der Waals surface area contributed by atoms with Gasteiger partial charge in [0.2, 0.25) is 0 Å². The monoisotopic (exact) mass is 265 g/mol. The molecule has 0 aromatic heterocycles. The summed E-state index contributed by atoms with van der Waals surface area (Å²) in [4.78, 5) is 11.1. The highest BCUT2D eigenvalue weighted by Gasteiger charge is 2.42. The van der Waals surface area contributed by atoms with Gasteiger partial charge in [-0.05, 0) is 31.7 Å². The Balaban J connectivity index is 1.88. The number of nitrogens with two attached hydrogens (primary N) is 1. The molecule has 0 bridgehead atoms. The lowest BCUT2D eigenvalue weighted by Crippen LogP contribution is -2.45. The molecule has 1 aromatic carbocycles. The van der Waals surface area contributed by atoms with Gasteiger partial charge in [-0.1, -0.05) is 29.8 Å². The Morgan fingerprint density at radius 2 is 2.39 bits per heavy atom. The van der Waals surface area contributed by atoms with Crippen LogP contribution in [0.2, 0.25) is 0 Å². The lowest BCUT2D eigenvalue weighted by atomic mass is 10.0. The Bertz CT molecular complexity index is 449. The molecule has 18 heavy (non-hydrogen) atoms. The number of benzene rings is 1. The van der Waals surface area contributed by atoms with E-state index in [0.717, 1.165) is 12.2 Å². The van der Waals surface area contributed by atoms with Gasteiger partial charge in [0.25, 0.3) is 0 Å². The van der Waals surface area contributed by atoms with E-state index in [1.807, 2.05) is 11.8 Å². The van der Waals surface area contributed by atoms with Crippen LogP contribution in [0.15, 0.2) is 24.3 Å². The second-order valence-corrected chi connectivity index (χ2v) is 6.41. The topological polar surface area (TPSA) is 63.3 Å². The third-order valence-corrected chi connectivity index (χ3v) is 4.87. The molecule has 1 aliphatic rings. The molecule has 2 rings (SSSR count). The van der Waals surface area contributed by atoms with Crippen LogP contribution in [0.1, 0.15) is 30.4 Å². The number of hydrogen-bond donors (Lipinski definition) is 2. The Morgan fingerprint density at radius 1 is 1.61 bits per heavy atom. The van der Waals surface area contributed by atoms with Crippen molar-refractivity contribution < 1.29 is 9.90 Å². The first-order chi connectivity index (χ1) is 8.49. The molecule has 0 saturated heterocycles.